The number of hydrogen-bond donors (Lipinski definition) is 0. The fourth-order valence-electron chi connectivity index (χ4n) is 3.14. The molecule has 23 heavy (non-hydrogen) atoms. The number of piperazine rings is 1. The molecule has 1 aliphatic heterocycles. The van der Waals surface area contributed by atoms with E-state index in [4.69, 9.17) is 4.74 Å². The second-order valence-electron chi connectivity index (χ2n) is 5.83. The fraction of sp³-hybridized carbons (Fsp3) is 0.316. The first kappa shape index (κ1) is 15.4. The Balaban J connectivity index is 1.74. The van der Waals surface area contributed by atoms with Gasteiger partial charge in [-0.25, -0.2) is 0 Å². The molecule has 1 aliphatic rings. The summed E-state index contributed by atoms with van der Waals surface area (Å²) in [5, 5.41) is 0. The number of carbonyl (C=O) groups is 1. The van der Waals surface area contributed by atoms with Crippen LogP contribution in [0.1, 0.15) is 17.3 Å². The Bertz CT molecular complexity index is 672. The standard InChI is InChI=1S/C19H22N2O2/c1-15-14-20(12-13-21(15)16-8-4-3-5-9-16)19(22)17-10-6-7-11-18(17)23-2/h3-11,15H,12-14H2,1-2H3. The lowest BCUT2D eigenvalue weighted by molar-refractivity contribution is 0.0723. The molecule has 2 aromatic carbocycles. The number of amides is 1. The van der Waals surface area contributed by atoms with Crippen molar-refractivity contribution < 1.29 is 9.53 Å². The van der Waals surface area contributed by atoms with Crippen LogP contribution in [0.5, 0.6) is 5.75 Å². The van der Waals surface area contributed by atoms with E-state index < -0.39 is 0 Å². The lowest BCUT2D eigenvalue weighted by atomic mass is 10.1. The minimum atomic E-state index is 0.0435. The molecule has 1 fully saturated rings. The molecule has 4 heteroatoms. The molecular formula is C19H22N2O2. The van der Waals surface area contributed by atoms with Gasteiger partial charge in [0, 0.05) is 31.4 Å². The molecule has 2 aromatic rings. The van der Waals surface area contributed by atoms with Crippen LogP contribution in [0.25, 0.3) is 0 Å². The molecule has 0 aliphatic carbocycles. The minimum absolute atomic E-state index is 0.0435. The van der Waals surface area contributed by atoms with Crippen LogP contribution in [0, 0.1) is 0 Å². The molecule has 1 unspecified atom stereocenters. The van der Waals surface area contributed by atoms with Crippen molar-refractivity contribution in [2.45, 2.75) is 13.0 Å². The average Bonchev–Trinajstić information content (AvgIpc) is 2.61. The smallest absolute Gasteiger partial charge is 0.257 e. The SMILES string of the molecule is COc1ccccc1C(=O)N1CCN(c2ccccc2)C(C)C1. The van der Waals surface area contributed by atoms with E-state index in [2.05, 4.69) is 36.1 Å². The van der Waals surface area contributed by atoms with Crippen LogP contribution in [0.15, 0.2) is 54.6 Å². The summed E-state index contributed by atoms with van der Waals surface area (Å²) in [6, 6.07) is 18.1. The van der Waals surface area contributed by atoms with Crippen LogP contribution in [0.4, 0.5) is 5.69 Å². The molecule has 1 heterocycles. The first-order valence-corrected chi connectivity index (χ1v) is 7.94. The molecule has 0 N–H and O–H groups in total. The van der Waals surface area contributed by atoms with Crippen molar-refractivity contribution in [2.24, 2.45) is 0 Å². The van der Waals surface area contributed by atoms with E-state index in [1.54, 1.807) is 7.11 Å². The molecule has 0 bridgehead atoms. The molecule has 3 rings (SSSR count). The first-order valence-electron chi connectivity index (χ1n) is 7.94. The van der Waals surface area contributed by atoms with E-state index in [9.17, 15) is 4.79 Å². The molecule has 0 spiro atoms. The molecular weight excluding hydrogens is 288 g/mol. The highest BCUT2D eigenvalue weighted by atomic mass is 16.5. The monoisotopic (exact) mass is 310 g/mol. The van der Waals surface area contributed by atoms with Crippen LogP contribution < -0.4 is 9.64 Å². The summed E-state index contributed by atoms with van der Waals surface area (Å²) in [6.45, 7) is 4.43. The topological polar surface area (TPSA) is 32.8 Å². The number of para-hydroxylation sites is 2. The quantitative estimate of drug-likeness (QED) is 0.873. The third-order valence-corrected chi connectivity index (χ3v) is 4.34. The van der Waals surface area contributed by atoms with Gasteiger partial charge in [-0.1, -0.05) is 30.3 Å². The Hall–Kier alpha value is -2.49. The Kier molecular flexibility index (Phi) is 4.51. The minimum Gasteiger partial charge on any atom is -0.496 e. The number of benzene rings is 2. The summed E-state index contributed by atoms with van der Waals surface area (Å²) < 4.78 is 5.32. The Labute approximate surface area is 137 Å². The van der Waals surface area contributed by atoms with Crippen molar-refractivity contribution in [3.63, 3.8) is 0 Å². The van der Waals surface area contributed by atoms with Crippen LogP contribution in [0.2, 0.25) is 0 Å². The summed E-state index contributed by atoms with van der Waals surface area (Å²) in [5.74, 6) is 0.678. The number of rotatable bonds is 3. The van der Waals surface area contributed by atoms with E-state index in [1.165, 1.54) is 5.69 Å². The maximum atomic E-state index is 12.8. The van der Waals surface area contributed by atoms with E-state index >= 15 is 0 Å². The second-order valence-corrected chi connectivity index (χ2v) is 5.83. The number of hydrogen-bond acceptors (Lipinski definition) is 3. The van der Waals surface area contributed by atoms with Crippen LogP contribution >= 0.6 is 0 Å². The maximum absolute atomic E-state index is 12.8. The third kappa shape index (κ3) is 3.16. The van der Waals surface area contributed by atoms with Gasteiger partial charge in [0.25, 0.3) is 5.91 Å². The predicted octanol–water partition coefficient (Wildman–Crippen LogP) is 3.05. The summed E-state index contributed by atoms with van der Waals surface area (Å²) in [5.41, 5.74) is 1.85. The van der Waals surface area contributed by atoms with E-state index in [-0.39, 0.29) is 11.9 Å². The molecule has 1 atom stereocenters. The molecule has 0 aromatic heterocycles. The number of nitrogens with zero attached hydrogens (tertiary/aromatic N) is 2. The van der Waals surface area contributed by atoms with Crippen LogP contribution in [-0.4, -0.2) is 43.6 Å². The van der Waals surface area contributed by atoms with Gasteiger partial charge in [-0.3, -0.25) is 4.79 Å². The zero-order chi connectivity index (χ0) is 16.2. The van der Waals surface area contributed by atoms with Gasteiger partial charge in [-0.2, -0.15) is 0 Å². The van der Waals surface area contributed by atoms with Gasteiger partial charge in [-0.05, 0) is 31.2 Å². The van der Waals surface area contributed by atoms with Gasteiger partial charge < -0.3 is 14.5 Å². The second kappa shape index (κ2) is 6.73. The molecule has 1 amide bonds. The largest absolute Gasteiger partial charge is 0.496 e. The van der Waals surface area contributed by atoms with Crippen molar-refractivity contribution >= 4 is 11.6 Å². The van der Waals surface area contributed by atoms with Crippen molar-refractivity contribution in [3.05, 3.63) is 60.2 Å². The zero-order valence-electron chi connectivity index (χ0n) is 13.6. The van der Waals surface area contributed by atoms with Crippen molar-refractivity contribution in [3.8, 4) is 5.75 Å². The lowest BCUT2D eigenvalue weighted by Crippen LogP contribution is -2.53. The van der Waals surface area contributed by atoms with Gasteiger partial charge >= 0.3 is 0 Å². The predicted molar refractivity (Wildman–Crippen MR) is 92.1 cm³/mol. The highest BCUT2D eigenvalue weighted by Crippen LogP contribution is 2.24. The Morgan fingerprint density at radius 2 is 1.74 bits per heavy atom. The van der Waals surface area contributed by atoms with Crippen LogP contribution in [0.3, 0.4) is 0 Å². The molecule has 120 valence electrons. The zero-order valence-corrected chi connectivity index (χ0v) is 13.6. The highest BCUT2D eigenvalue weighted by Gasteiger charge is 2.28. The van der Waals surface area contributed by atoms with Gasteiger partial charge in [0.15, 0.2) is 0 Å². The van der Waals surface area contributed by atoms with Crippen molar-refractivity contribution in [1.82, 2.24) is 4.90 Å². The fourth-order valence-corrected chi connectivity index (χ4v) is 3.14. The van der Waals surface area contributed by atoms with Gasteiger partial charge in [-0.15, -0.1) is 0 Å². The van der Waals surface area contributed by atoms with Gasteiger partial charge in [0.2, 0.25) is 0 Å². The number of anilines is 1. The summed E-state index contributed by atoms with van der Waals surface area (Å²) in [4.78, 5) is 17.1. The third-order valence-electron chi connectivity index (χ3n) is 4.34. The summed E-state index contributed by atoms with van der Waals surface area (Å²) in [7, 11) is 1.60. The average molecular weight is 310 g/mol. The van der Waals surface area contributed by atoms with Crippen molar-refractivity contribution in [1.29, 1.82) is 0 Å². The number of methoxy groups -OCH3 is 1. The maximum Gasteiger partial charge on any atom is 0.257 e. The van der Waals surface area contributed by atoms with E-state index in [0.29, 0.717) is 17.9 Å². The Morgan fingerprint density at radius 3 is 2.43 bits per heavy atom. The lowest BCUT2D eigenvalue weighted by Gasteiger charge is -2.41. The Morgan fingerprint density at radius 1 is 1.04 bits per heavy atom. The molecule has 0 radical (unpaired) electrons. The van der Waals surface area contributed by atoms with Crippen molar-refractivity contribution in [2.75, 3.05) is 31.6 Å². The highest BCUT2D eigenvalue weighted by molar-refractivity contribution is 5.97. The normalized spacial score (nSPS) is 17.9. The molecule has 4 nitrogen and oxygen atoms in total. The summed E-state index contributed by atoms with van der Waals surface area (Å²) >= 11 is 0. The van der Waals surface area contributed by atoms with E-state index in [1.807, 2.05) is 35.2 Å². The first-order chi connectivity index (χ1) is 11.2. The molecule has 0 saturated carbocycles. The number of carbonyl (C=O) groups excluding carboxylic acids is 1. The van der Waals surface area contributed by atoms with Gasteiger partial charge in [0.1, 0.15) is 5.75 Å². The van der Waals surface area contributed by atoms with Gasteiger partial charge in [0.05, 0.1) is 12.7 Å². The summed E-state index contributed by atoms with van der Waals surface area (Å²) in [6.07, 6.45) is 0. The van der Waals surface area contributed by atoms with E-state index in [0.717, 1.165) is 13.1 Å². The van der Waals surface area contributed by atoms with Crippen LogP contribution in [-0.2, 0) is 0 Å². The molecule has 1 saturated heterocycles. The number of ether oxygens (including phenoxy) is 1.